The Balaban J connectivity index is 1.94. The first kappa shape index (κ1) is 14.1. The summed E-state index contributed by atoms with van der Waals surface area (Å²) in [5, 5.41) is 14.6. The van der Waals surface area contributed by atoms with Crippen LogP contribution in [0.3, 0.4) is 0 Å². The molecule has 3 aromatic rings. The molecular weight excluding hydrogens is 311 g/mol. The predicted molar refractivity (Wildman–Crippen MR) is 76.2 cm³/mol. The quantitative estimate of drug-likeness (QED) is 0.723. The van der Waals surface area contributed by atoms with Gasteiger partial charge < -0.3 is 10.2 Å². The molecule has 10 heteroatoms. The van der Waals surface area contributed by atoms with E-state index in [0.717, 1.165) is 38.3 Å². The smallest absolute Gasteiger partial charge is 0.351 e. The number of nitrogens with zero attached hydrogens (tertiary/aromatic N) is 6. The molecule has 1 aromatic carbocycles. The van der Waals surface area contributed by atoms with Crippen LogP contribution in [0.15, 0.2) is 18.2 Å². The zero-order valence-electron chi connectivity index (χ0n) is 11.9. The number of hydrogen-bond donors (Lipinski definition) is 1. The summed E-state index contributed by atoms with van der Waals surface area (Å²) >= 11 is 0. The van der Waals surface area contributed by atoms with Crippen molar-refractivity contribution in [2.24, 2.45) is 0 Å². The van der Waals surface area contributed by atoms with E-state index < -0.39 is 11.7 Å². The third-order valence-electron chi connectivity index (χ3n) is 3.84. The van der Waals surface area contributed by atoms with Crippen LogP contribution in [0.4, 0.5) is 19.0 Å². The lowest BCUT2D eigenvalue weighted by Crippen LogP contribution is -2.44. The van der Waals surface area contributed by atoms with E-state index in [4.69, 9.17) is 0 Å². The van der Waals surface area contributed by atoms with Crippen molar-refractivity contribution in [1.82, 2.24) is 30.3 Å². The number of anilines is 1. The molecule has 3 heterocycles. The van der Waals surface area contributed by atoms with Gasteiger partial charge in [0, 0.05) is 26.2 Å². The van der Waals surface area contributed by atoms with Crippen molar-refractivity contribution in [3.05, 3.63) is 23.8 Å². The van der Waals surface area contributed by atoms with Crippen LogP contribution in [0.1, 0.15) is 5.56 Å². The van der Waals surface area contributed by atoms with Gasteiger partial charge in [0.25, 0.3) is 0 Å². The third kappa shape index (κ3) is 2.34. The van der Waals surface area contributed by atoms with E-state index in [1.54, 1.807) is 0 Å². The van der Waals surface area contributed by atoms with Crippen LogP contribution in [0.5, 0.6) is 0 Å². The number of rotatable bonds is 1. The van der Waals surface area contributed by atoms with E-state index in [1.807, 2.05) is 4.90 Å². The van der Waals surface area contributed by atoms with Crippen molar-refractivity contribution in [2.45, 2.75) is 6.18 Å². The number of alkyl halides is 3. The van der Waals surface area contributed by atoms with E-state index in [1.165, 1.54) is 10.6 Å². The van der Waals surface area contributed by atoms with Crippen LogP contribution < -0.4 is 10.2 Å². The average Bonchev–Trinajstić information content (AvgIpc) is 3.03. The highest BCUT2D eigenvalue weighted by atomic mass is 19.4. The van der Waals surface area contributed by atoms with Crippen molar-refractivity contribution < 1.29 is 13.2 Å². The van der Waals surface area contributed by atoms with E-state index >= 15 is 0 Å². The fraction of sp³-hybridized carbons (Fsp3) is 0.385. The molecule has 1 aliphatic heterocycles. The van der Waals surface area contributed by atoms with Gasteiger partial charge in [0.2, 0.25) is 5.65 Å². The van der Waals surface area contributed by atoms with Gasteiger partial charge >= 0.3 is 6.18 Å². The second-order valence-corrected chi connectivity index (χ2v) is 5.29. The molecular formula is C13H12F3N7. The van der Waals surface area contributed by atoms with E-state index in [0.29, 0.717) is 17.0 Å². The first-order chi connectivity index (χ1) is 11.0. The molecule has 0 atom stereocenters. The van der Waals surface area contributed by atoms with E-state index in [-0.39, 0.29) is 5.52 Å². The maximum absolute atomic E-state index is 12.9. The number of fused-ring (bicyclic) bond motifs is 3. The lowest BCUT2D eigenvalue weighted by Gasteiger charge is -2.28. The molecule has 23 heavy (non-hydrogen) atoms. The second kappa shape index (κ2) is 5.01. The van der Waals surface area contributed by atoms with Gasteiger partial charge in [0.15, 0.2) is 5.82 Å². The molecule has 0 aliphatic carbocycles. The normalized spacial score (nSPS) is 16.4. The largest absolute Gasteiger partial charge is 0.416 e. The number of benzene rings is 1. The standard InChI is InChI=1S/C13H12F3N7/c14-13(15,16)8-1-2-9-10(7-8)23-12(19-20-21-23)11(18-9)22-5-3-17-4-6-22/h1-2,7,17H,3-6H2. The van der Waals surface area contributed by atoms with Crippen molar-refractivity contribution in [3.8, 4) is 0 Å². The van der Waals surface area contributed by atoms with Crippen LogP contribution >= 0.6 is 0 Å². The molecule has 120 valence electrons. The summed E-state index contributed by atoms with van der Waals surface area (Å²) in [5.41, 5.74) is 0.266. The van der Waals surface area contributed by atoms with E-state index in [9.17, 15) is 13.2 Å². The van der Waals surface area contributed by atoms with Gasteiger partial charge in [0.05, 0.1) is 16.6 Å². The Morgan fingerprint density at radius 1 is 1.13 bits per heavy atom. The summed E-state index contributed by atoms with van der Waals surface area (Å²) in [6.45, 7) is 3.09. The minimum absolute atomic E-state index is 0.235. The molecule has 0 radical (unpaired) electrons. The second-order valence-electron chi connectivity index (χ2n) is 5.29. The molecule has 0 bridgehead atoms. The summed E-state index contributed by atoms with van der Waals surface area (Å²) in [7, 11) is 0. The maximum atomic E-state index is 12.9. The predicted octanol–water partition coefficient (Wildman–Crippen LogP) is 1.10. The van der Waals surface area contributed by atoms with Crippen LogP contribution in [0.25, 0.3) is 16.7 Å². The Hall–Kier alpha value is -2.49. The Labute approximate surface area is 128 Å². The van der Waals surface area contributed by atoms with E-state index in [2.05, 4.69) is 25.8 Å². The summed E-state index contributed by atoms with van der Waals surface area (Å²) in [6, 6.07) is 3.39. The van der Waals surface area contributed by atoms with Gasteiger partial charge in [-0.2, -0.15) is 17.7 Å². The first-order valence-electron chi connectivity index (χ1n) is 7.09. The lowest BCUT2D eigenvalue weighted by molar-refractivity contribution is -0.137. The molecule has 0 saturated carbocycles. The molecule has 0 amide bonds. The van der Waals surface area contributed by atoms with Gasteiger partial charge in [-0.1, -0.05) is 0 Å². The lowest BCUT2D eigenvalue weighted by atomic mass is 10.2. The van der Waals surface area contributed by atoms with Crippen LogP contribution in [0, 0.1) is 0 Å². The molecule has 1 saturated heterocycles. The Morgan fingerprint density at radius 2 is 1.91 bits per heavy atom. The number of aromatic nitrogens is 5. The van der Waals surface area contributed by atoms with Gasteiger partial charge in [-0.05, 0) is 28.6 Å². The molecule has 4 rings (SSSR count). The molecule has 1 aliphatic rings. The zero-order valence-corrected chi connectivity index (χ0v) is 11.9. The number of piperazine rings is 1. The van der Waals surface area contributed by atoms with Crippen LogP contribution in [-0.2, 0) is 6.18 Å². The molecule has 7 nitrogen and oxygen atoms in total. The summed E-state index contributed by atoms with van der Waals surface area (Å²) in [6.07, 6.45) is -4.42. The van der Waals surface area contributed by atoms with Gasteiger partial charge in [0.1, 0.15) is 0 Å². The minimum Gasteiger partial charge on any atom is -0.351 e. The number of hydrogen-bond acceptors (Lipinski definition) is 6. The molecule has 1 fully saturated rings. The fourth-order valence-electron chi connectivity index (χ4n) is 2.71. The molecule has 0 unspecified atom stereocenters. The molecule has 2 aromatic heterocycles. The Kier molecular flexibility index (Phi) is 3.08. The third-order valence-corrected chi connectivity index (χ3v) is 3.84. The monoisotopic (exact) mass is 323 g/mol. The maximum Gasteiger partial charge on any atom is 0.416 e. The SMILES string of the molecule is FC(F)(F)c1ccc2nc(N3CCNCC3)c3nnnn3c2c1. The summed E-state index contributed by atoms with van der Waals surface area (Å²) in [5.74, 6) is 0.587. The van der Waals surface area contributed by atoms with Gasteiger partial charge in [-0.3, -0.25) is 0 Å². The molecule has 0 spiro atoms. The summed E-state index contributed by atoms with van der Waals surface area (Å²) in [4.78, 5) is 6.52. The minimum atomic E-state index is -4.42. The van der Waals surface area contributed by atoms with Crippen molar-refractivity contribution in [1.29, 1.82) is 0 Å². The van der Waals surface area contributed by atoms with Gasteiger partial charge in [-0.25, -0.2) is 4.98 Å². The highest BCUT2D eigenvalue weighted by Crippen LogP contribution is 2.32. The number of tetrazole rings is 1. The first-order valence-corrected chi connectivity index (χ1v) is 7.09. The Bertz CT molecular complexity index is 867. The fourth-order valence-corrected chi connectivity index (χ4v) is 2.71. The molecule has 1 N–H and O–H groups in total. The number of halogens is 3. The highest BCUT2D eigenvalue weighted by molar-refractivity contribution is 5.83. The summed E-state index contributed by atoms with van der Waals surface area (Å²) < 4.78 is 40.1. The highest BCUT2D eigenvalue weighted by Gasteiger charge is 2.31. The topological polar surface area (TPSA) is 71.2 Å². The van der Waals surface area contributed by atoms with Crippen LogP contribution in [0.2, 0.25) is 0 Å². The van der Waals surface area contributed by atoms with Crippen molar-refractivity contribution in [2.75, 3.05) is 31.1 Å². The zero-order chi connectivity index (χ0) is 16.0. The average molecular weight is 323 g/mol. The van der Waals surface area contributed by atoms with Gasteiger partial charge in [-0.15, -0.1) is 5.10 Å². The van der Waals surface area contributed by atoms with Crippen molar-refractivity contribution >= 4 is 22.5 Å². The number of nitrogens with one attached hydrogen (secondary N) is 1. The van der Waals surface area contributed by atoms with Crippen LogP contribution in [-0.4, -0.2) is 51.2 Å². The van der Waals surface area contributed by atoms with Crippen molar-refractivity contribution in [3.63, 3.8) is 0 Å². The Morgan fingerprint density at radius 3 is 2.65 bits per heavy atom.